The van der Waals surface area contributed by atoms with Crippen molar-refractivity contribution in [3.63, 3.8) is 0 Å². The number of likely N-dealkylation sites (tertiary alicyclic amines) is 1. The van der Waals surface area contributed by atoms with Crippen LogP contribution in [0.4, 0.5) is 0 Å². The molecule has 0 radical (unpaired) electrons. The molecule has 0 bridgehead atoms. The molecule has 1 aliphatic rings. The first-order valence-electron chi connectivity index (χ1n) is 5.78. The second-order valence-electron chi connectivity index (χ2n) is 4.34. The fourth-order valence-electron chi connectivity index (χ4n) is 2.20. The van der Waals surface area contributed by atoms with Crippen molar-refractivity contribution in [2.45, 2.75) is 45.1 Å². The number of rotatable bonds is 3. The van der Waals surface area contributed by atoms with Crippen LogP contribution in [0.15, 0.2) is 0 Å². The van der Waals surface area contributed by atoms with Crippen LogP contribution in [0.25, 0.3) is 0 Å². The predicted octanol–water partition coefficient (Wildman–Crippen LogP) is 1.42. The van der Waals surface area contributed by atoms with E-state index in [1.54, 1.807) is 0 Å². The maximum atomic E-state index is 4.06. The summed E-state index contributed by atoms with van der Waals surface area (Å²) in [4.78, 5) is 2.55. The van der Waals surface area contributed by atoms with E-state index in [0.717, 1.165) is 31.8 Å². The predicted molar refractivity (Wildman–Crippen MR) is 59.6 cm³/mol. The largest absolute Gasteiger partial charge is 0.301 e. The molecule has 1 N–H and O–H groups in total. The van der Waals surface area contributed by atoms with E-state index in [0.29, 0.717) is 12.0 Å². The molecule has 1 atom stereocenters. The molecule has 2 rings (SSSR count). The molecule has 0 saturated carbocycles. The third-order valence-electron chi connectivity index (χ3n) is 3.47. The number of nitrogens with one attached hydrogen (secondary N) is 1. The van der Waals surface area contributed by atoms with Gasteiger partial charge in [0.05, 0.1) is 0 Å². The molecule has 1 saturated heterocycles. The number of aromatic amines is 1. The Hall–Kier alpha value is -0.970. The maximum absolute atomic E-state index is 4.06. The van der Waals surface area contributed by atoms with E-state index in [-0.39, 0.29) is 1.43 Å². The number of tetrazole rings is 1. The monoisotopic (exact) mass is 211 g/mol. The van der Waals surface area contributed by atoms with Crippen molar-refractivity contribution in [2.24, 2.45) is 0 Å². The van der Waals surface area contributed by atoms with Crippen molar-refractivity contribution in [1.82, 2.24) is 25.5 Å². The first-order valence-corrected chi connectivity index (χ1v) is 5.78. The van der Waals surface area contributed by atoms with E-state index in [9.17, 15) is 0 Å². The van der Waals surface area contributed by atoms with Gasteiger partial charge < -0.3 is 4.90 Å². The van der Waals surface area contributed by atoms with Gasteiger partial charge in [-0.25, -0.2) is 0 Å². The molecule has 0 amide bonds. The van der Waals surface area contributed by atoms with E-state index < -0.39 is 0 Å². The molecule has 1 aliphatic heterocycles. The molecule has 1 aromatic rings. The lowest BCUT2D eigenvalue weighted by Gasteiger charge is -2.34. The van der Waals surface area contributed by atoms with Gasteiger partial charge in [-0.15, -0.1) is 10.2 Å². The minimum Gasteiger partial charge on any atom is -0.301 e. The van der Waals surface area contributed by atoms with Gasteiger partial charge in [-0.05, 0) is 39.3 Å². The summed E-state index contributed by atoms with van der Waals surface area (Å²) in [6.45, 7) is 6.87. The molecule has 0 aliphatic carbocycles. The molecule has 5 nitrogen and oxygen atoms in total. The first-order chi connectivity index (χ1) is 7.31. The van der Waals surface area contributed by atoms with Gasteiger partial charge >= 0.3 is 0 Å². The zero-order valence-corrected chi connectivity index (χ0v) is 9.48. The van der Waals surface area contributed by atoms with Crippen molar-refractivity contribution in [3.8, 4) is 0 Å². The van der Waals surface area contributed by atoms with Gasteiger partial charge in [0, 0.05) is 13.4 Å². The summed E-state index contributed by atoms with van der Waals surface area (Å²) in [7, 11) is 0. The van der Waals surface area contributed by atoms with Gasteiger partial charge in [0.1, 0.15) is 0 Å². The van der Waals surface area contributed by atoms with Gasteiger partial charge in [-0.1, -0.05) is 12.1 Å². The summed E-state index contributed by atoms with van der Waals surface area (Å²) >= 11 is 0. The minimum atomic E-state index is 0. The van der Waals surface area contributed by atoms with Crippen LogP contribution in [-0.2, 0) is 0 Å². The second-order valence-corrected chi connectivity index (χ2v) is 4.34. The first kappa shape index (κ1) is 10.5. The van der Waals surface area contributed by atoms with E-state index in [1.807, 2.05) is 0 Å². The van der Waals surface area contributed by atoms with E-state index in [4.69, 9.17) is 0 Å². The SMILES string of the molecule is CCC(C)N1CCC(c2nn[nH]n2)CC1.[HH]. The molecule has 5 heteroatoms. The van der Waals surface area contributed by atoms with Gasteiger partial charge in [-0.3, -0.25) is 0 Å². The summed E-state index contributed by atoms with van der Waals surface area (Å²) in [6.07, 6.45) is 3.54. The highest BCUT2D eigenvalue weighted by molar-refractivity contribution is 4.94. The number of hydrogen-bond acceptors (Lipinski definition) is 4. The molecular weight excluding hydrogens is 190 g/mol. The summed E-state index contributed by atoms with van der Waals surface area (Å²) < 4.78 is 0. The third-order valence-corrected chi connectivity index (χ3v) is 3.47. The van der Waals surface area contributed by atoms with Crippen molar-refractivity contribution in [2.75, 3.05) is 13.1 Å². The van der Waals surface area contributed by atoms with Crippen LogP contribution in [0.1, 0.15) is 46.3 Å². The average Bonchev–Trinajstić information content (AvgIpc) is 2.82. The molecule has 1 fully saturated rings. The zero-order chi connectivity index (χ0) is 10.7. The Labute approximate surface area is 91.7 Å². The second kappa shape index (κ2) is 4.70. The van der Waals surface area contributed by atoms with Crippen molar-refractivity contribution < 1.29 is 1.43 Å². The molecule has 1 unspecified atom stereocenters. The van der Waals surface area contributed by atoms with Crippen LogP contribution in [0.3, 0.4) is 0 Å². The lowest BCUT2D eigenvalue weighted by molar-refractivity contribution is 0.156. The quantitative estimate of drug-likeness (QED) is 0.821. The van der Waals surface area contributed by atoms with E-state index in [2.05, 4.69) is 39.4 Å². The van der Waals surface area contributed by atoms with Crippen molar-refractivity contribution >= 4 is 0 Å². The molecular formula is C10H21N5. The average molecular weight is 211 g/mol. The highest BCUT2D eigenvalue weighted by atomic mass is 15.5. The van der Waals surface area contributed by atoms with E-state index >= 15 is 0 Å². The van der Waals surface area contributed by atoms with Crippen LogP contribution in [-0.4, -0.2) is 44.7 Å². The number of H-pyrrole nitrogens is 1. The summed E-state index contributed by atoms with van der Waals surface area (Å²) in [6, 6.07) is 0.705. The Morgan fingerprint density at radius 2 is 2.27 bits per heavy atom. The highest BCUT2D eigenvalue weighted by Gasteiger charge is 2.25. The molecule has 0 aromatic carbocycles. The molecule has 86 valence electrons. The molecule has 1 aromatic heterocycles. The lowest BCUT2D eigenvalue weighted by atomic mass is 9.95. The number of hydrogen-bond donors (Lipinski definition) is 1. The Bertz CT molecular complexity index is 281. The zero-order valence-electron chi connectivity index (χ0n) is 9.48. The third kappa shape index (κ3) is 2.34. The Morgan fingerprint density at radius 3 is 2.80 bits per heavy atom. The highest BCUT2D eigenvalue weighted by Crippen LogP contribution is 2.26. The van der Waals surface area contributed by atoms with Gasteiger partial charge in [-0.2, -0.15) is 5.21 Å². The fourth-order valence-corrected chi connectivity index (χ4v) is 2.20. The molecule has 0 spiro atoms. The normalized spacial score (nSPS) is 21.7. The lowest BCUT2D eigenvalue weighted by Crippen LogP contribution is -2.39. The standard InChI is InChI=1S/C10H19N5.H2/c1-3-8(2)15-6-4-9(5-7-15)10-11-13-14-12-10;/h8-9H,3-7H2,1-2H3,(H,11,12,13,14);1H. The van der Waals surface area contributed by atoms with Gasteiger partial charge in [0.15, 0.2) is 5.82 Å². The summed E-state index contributed by atoms with van der Waals surface area (Å²) in [5, 5.41) is 14.3. The molecule has 2 heterocycles. The van der Waals surface area contributed by atoms with Crippen LogP contribution in [0, 0.1) is 0 Å². The van der Waals surface area contributed by atoms with Crippen molar-refractivity contribution in [1.29, 1.82) is 0 Å². The summed E-state index contributed by atoms with van der Waals surface area (Å²) in [5.41, 5.74) is 0. The maximum Gasteiger partial charge on any atom is 0.177 e. The minimum absolute atomic E-state index is 0. The van der Waals surface area contributed by atoms with Gasteiger partial charge in [0.2, 0.25) is 0 Å². The summed E-state index contributed by atoms with van der Waals surface area (Å²) in [5.74, 6) is 1.39. The van der Waals surface area contributed by atoms with Crippen LogP contribution in [0.2, 0.25) is 0 Å². The number of aromatic nitrogens is 4. The molecule has 15 heavy (non-hydrogen) atoms. The van der Waals surface area contributed by atoms with Crippen molar-refractivity contribution in [3.05, 3.63) is 5.82 Å². The fraction of sp³-hybridized carbons (Fsp3) is 0.900. The topological polar surface area (TPSA) is 57.7 Å². The Kier molecular flexibility index (Phi) is 3.30. The Morgan fingerprint density at radius 1 is 1.53 bits per heavy atom. The van der Waals surface area contributed by atoms with Crippen LogP contribution < -0.4 is 0 Å². The van der Waals surface area contributed by atoms with Gasteiger partial charge in [0.25, 0.3) is 0 Å². The Balaban J connectivity index is 0.00000128. The number of piperidine rings is 1. The van der Waals surface area contributed by atoms with E-state index in [1.165, 1.54) is 6.42 Å². The van der Waals surface area contributed by atoms with Crippen LogP contribution >= 0.6 is 0 Å². The van der Waals surface area contributed by atoms with Crippen LogP contribution in [0.5, 0.6) is 0 Å². The number of nitrogens with zero attached hydrogens (tertiary/aromatic N) is 4. The smallest absolute Gasteiger partial charge is 0.177 e.